The Morgan fingerprint density at radius 2 is 2.31 bits per heavy atom. The van der Waals surface area contributed by atoms with E-state index < -0.39 is 0 Å². The van der Waals surface area contributed by atoms with E-state index in [2.05, 4.69) is 44.5 Å². The summed E-state index contributed by atoms with van der Waals surface area (Å²) in [6.45, 7) is 2.15. The van der Waals surface area contributed by atoms with Gasteiger partial charge < -0.3 is 0 Å². The van der Waals surface area contributed by atoms with Crippen molar-refractivity contribution in [2.45, 2.75) is 13.3 Å². The van der Waals surface area contributed by atoms with Crippen molar-refractivity contribution in [2.24, 2.45) is 0 Å². The van der Waals surface area contributed by atoms with Crippen LogP contribution >= 0.6 is 38.6 Å². The maximum Gasteiger partial charge on any atom is 0.183 e. The maximum atomic E-state index is 4.10. The number of rotatable bonds is 2. The van der Waals surface area contributed by atoms with E-state index in [9.17, 15) is 0 Å². The minimum Gasteiger partial charge on any atom is -0.141 e. The van der Waals surface area contributed by atoms with Crippen LogP contribution in [-0.4, -0.2) is 10.2 Å². The predicted octanol–water partition coefficient (Wildman–Crippen LogP) is 3.59. The highest BCUT2D eigenvalue weighted by molar-refractivity contribution is 9.11. The molecule has 0 N–H and O–H groups in total. The average molecular weight is 275 g/mol. The Balaban J connectivity index is 2.45. The molecule has 0 spiro atoms. The average Bonchev–Trinajstić information content (AvgIpc) is 2.71. The highest BCUT2D eigenvalue weighted by Gasteiger charge is 2.09. The summed E-state index contributed by atoms with van der Waals surface area (Å²) in [5, 5.41) is 11.2. The van der Waals surface area contributed by atoms with Gasteiger partial charge in [0.15, 0.2) is 8.92 Å². The normalized spacial score (nSPS) is 10.6. The molecule has 0 saturated heterocycles. The fraction of sp³-hybridized carbons (Fsp3) is 0.250. The lowest BCUT2D eigenvalue weighted by Crippen LogP contribution is -1.79. The van der Waals surface area contributed by atoms with E-state index in [4.69, 9.17) is 0 Å². The number of nitrogens with zero attached hydrogens (tertiary/aromatic N) is 2. The van der Waals surface area contributed by atoms with Crippen molar-refractivity contribution in [3.05, 3.63) is 20.9 Å². The molecule has 0 fully saturated rings. The Morgan fingerprint density at radius 3 is 2.92 bits per heavy atom. The van der Waals surface area contributed by atoms with Gasteiger partial charge in [-0.1, -0.05) is 18.3 Å². The topological polar surface area (TPSA) is 25.8 Å². The van der Waals surface area contributed by atoms with Crippen molar-refractivity contribution < 1.29 is 0 Å². The summed E-state index contributed by atoms with van der Waals surface area (Å²) in [6, 6.07) is 2.15. The van der Waals surface area contributed by atoms with Gasteiger partial charge in [-0.15, -0.1) is 21.5 Å². The summed E-state index contributed by atoms with van der Waals surface area (Å²) >= 11 is 6.62. The lowest BCUT2D eigenvalue weighted by atomic mass is 10.2. The van der Waals surface area contributed by atoms with E-state index >= 15 is 0 Å². The van der Waals surface area contributed by atoms with Crippen molar-refractivity contribution in [2.75, 3.05) is 0 Å². The largest absolute Gasteiger partial charge is 0.183 e. The van der Waals surface area contributed by atoms with Crippen molar-refractivity contribution in [3.8, 4) is 9.88 Å². The Hall–Kier alpha value is -0.260. The second kappa shape index (κ2) is 3.86. The van der Waals surface area contributed by atoms with Gasteiger partial charge in [-0.3, -0.25) is 0 Å². The first-order valence-corrected chi connectivity index (χ1v) is 6.36. The van der Waals surface area contributed by atoms with Gasteiger partial charge >= 0.3 is 0 Å². The molecule has 0 amide bonds. The van der Waals surface area contributed by atoms with E-state index in [0.29, 0.717) is 0 Å². The minimum atomic E-state index is 0.845. The first-order valence-electron chi connectivity index (χ1n) is 3.87. The molecule has 68 valence electrons. The molecule has 2 rings (SSSR count). The number of aryl methyl sites for hydroxylation is 1. The van der Waals surface area contributed by atoms with E-state index in [-0.39, 0.29) is 0 Å². The van der Waals surface area contributed by atoms with Crippen molar-refractivity contribution in [1.29, 1.82) is 0 Å². The van der Waals surface area contributed by atoms with Gasteiger partial charge in [0.05, 0.1) is 4.88 Å². The molecule has 13 heavy (non-hydrogen) atoms. The van der Waals surface area contributed by atoms with Gasteiger partial charge in [0.2, 0.25) is 0 Å². The Labute approximate surface area is 92.8 Å². The monoisotopic (exact) mass is 274 g/mol. The third-order valence-electron chi connectivity index (χ3n) is 1.72. The highest BCUT2D eigenvalue weighted by Crippen LogP contribution is 2.33. The van der Waals surface area contributed by atoms with E-state index in [1.807, 2.05) is 0 Å². The predicted molar refractivity (Wildman–Crippen MR) is 60.3 cm³/mol. The summed E-state index contributed by atoms with van der Waals surface area (Å²) in [7, 11) is 0. The zero-order valence-corrected chi connectivity index (χ0v) is 10.2. The van der Waals surface area contributed by atoms with Crippen LogP contribution in [0.2, 0.25) is 0 Å². The van der Waals surface area contributed by atoms with Crippen LogP contribution in [0.15, 0.2) is 15.4 Å². The molecule has 0 unspecified atom stereocenters. The molecule has 5 heteroatoms. The minimum absolute atomic E-state index is 0.845. The van der Waals surface area contributed by atoms with E-state index in [1.165, 1.54) is 10.4 Å². The van der Waals surface area contributed by atoms with Crippen LogP contribution in [0.4, 0.5) is 0 Å². The Morgan fingerprint density at radius 1 is 1.46 bits per heavy atom. The van der Waals surface area contributed by atoms with Gasteiger partial charge in [-0.05, 0) is 39.4 Å². The quantitative estimate of drug-likeness (QED) is 0.837. The van der Waals surface area contributed by atoms with Crippen LogP contribution < -0.4 is 0 Å². The summed E-state index contributed by atoms with van der Waals surface area (Å²) in [5.41, 5.74) is 1.36. The summed E-state index contributed by atoms with van der Waals surface area (Å²) in [6.07, 6.45) is 1.05. The number of hydrogen-bond donors (Lipinski definition) is 0. The molecule has 2 heterocycles. The zero-order valence-electron chi connectivity index (χ0n) is 6.95. The summed E-state index contributed by atoms with van der Waals surface area (Å²) < 4.78 is 0.845. The Kier molecular flexibility index (Phi) is 2.76. The van der Waals surface area contributed by atoms with Gasteiger partial charge in [0, 0.05) is 0 Å². The molecule has 2 aromatic heterocycles. The molecule has 0 aromatic carbocycles. The van der Waals surface area contributed by atoms with Crippen LogP contribution in [-0.2, 0) is 6.42 Å². The number of halogens is 1. The molecular formula is C8H7BrN2S2. The Bertz CT molecular complexity index is 408. The summed E-state index contributed by atoms with van der Waals surface area (Å²) in [4.78, 5) is 1.26. The van der Waals surface area contributed by atoms with Gasteiger partial charge in [-0.2, -0.15) is 0 Å². The second-order valence-electron chi connectivity index (χ2n) is 2.49. The highest BCUT2D eigenvalue weighted by atomic mass is 79.9. The molecule has 0 aliphatic rings. The van der Waals surface area contributed by atoms with E-state index in [1.54, 1.807) is 22.7 Å². The summed E-state index contributed by atoms with van der Waals surface area (Å²) in [5.74, 6) is 0. The fourth-order valence-corrected chi connectivity index (χ4v) is 3.33. The molecule has 0 radical (unpaired) electrons. The van der Waals surface area contributed by atoms with Crippen molar-refractivity contribution in [3.63, 3.8) is 0 Å². The van der Waals surface area contributed by atoms with E-state index in [0.717, 1.165) is 15.3 Å². The lowest BCUT2D eigenvalue weighted by Gasteiger charge is -1.93. The SMILES string of the molecule is CCc1ccsc1-c1nnc(Br)s1. The van der Waals surface area contributed by atoms with Gasteiger partial charge in [-0.25, -0.2) is 0 Å². The fourth-order valence-electron chi connectivity index (χ4n) is 1.10. The maximum absolute atomic E-state index is 4.10. The molecule has 2 aromatic rings. The van der Waals surface area contributed by atoms with Gasteiger partial charge in [0.1, 0.15) is 0 Å². The smallest absolute Gasteiger partial charge is 0.141 e. The van der Waals surface area contributed by atoms with Crippen LogP contribution in [0, 0.1) is 0 Å². The first-order chi connectivity index (χ1) is 6.31. The lowest BCUT2D eigenvalue weighted by molar-refractivity contribution is 1.07. The molecule has 0 aliphatic carbocycles. The third-order valence-corrected chi connectivity index (χ3v) is 4.19. The molecular weight excluding hydrogens is 268 g/mol. The number of aromatic nitrogens is 2. The van der Waals surface area contributed by atoms with Crippen molar-refractivity contribution >= 4 is 38.6 Å². The number of hydrogen-bond acceptors (Lipinski definition) is 4. The van der Waals surface area contributed by atoms with Gasteiger partial charge in [0.25, 0.3) is 0 Å². The molecule has 2 nitrogen and oxygen atoms in total. The molecule has 0 aliphatic heterocycles. The standard InChI is InChI=1S/C8H7BrN2S2/c1-2-5-3-4-12-6(5)7-10-11-8(9)13-7/h3-4H,2H2,1H3. The van der Waals surface area contributed by atoms with Crippen LogP contribution in [0.5, 0.6) is 0 Å². The van der Waals surface area contributed by atoms with Crippen LogP contribution in [0.3, 0.4) is 0 Å². The third kappa shape index (κ3) is 1.82. The zero-order chi connectivity index (χ0) is 9.26. The molecule has 0 bridgehead atoms. The second-order valence-corrected chi connectivity index (χ2v) is 5.66. The first kappa shape index (κ1) is 9.30. The number of thiophene rings is 1. The molecule has 0 saturated carbocycles. The van der Waals surface area contributed by atoms with Crippen molar-refractivity contribution in [1.82, 2.24) is 10.2 Å². The molecule has 0 atom stereocenters. The van der Waals surface area contributed by atoms with Crippen LogP contribution in [0.1, 0.15) is 12.5 Å². The van der Waals surface area contributed by atoms with Crippen LogP contribution in [0.25, 0.3) is 9.88 Å².